The van der Waals surface area contributed by atoms with Crippen LogP contribution in [-0.4, -0.2) is 29.3 Å². The van der Waals surface area contributed by atoms with Crippen molar-refractivity contribution in [1.29, 1.82) is 0 Å². The Hall–Kier alpha value is -2.23. The van der Waals surface area contributed by atoms with Gasteiger partial charge >= 0.3 is 0 Å². The molecule has 2 aromatic rings. The molecule has 0 fully saturated rings. The van der Waals surface area contributed by atoms with Crippen molar-refractivity contribution in [2.75, 3.05) is 4.72 Å². The van der Waals surface area contributed by atoms with E-state index in [2.05, 4.69) is 14.8 Å². The number of nitrogens with one attached hydrogen (secondary N) is 1. The predicted octanol–water partition coefficient (Wildman–Crippen LogP) is 2.34. The number of rotatable bonds is 6. The first-order valence-electron chi connectivity index (χ1n) is 6.65. The molecular formula is C13H16F2N4O3S. The van der Waals surface area contributed by atoms with E-state index in [1.807, 2.05) is 0 Å². The second-order valence-corrected chi connectivity index (χ2v) is 6.71. The van der Waals surface area contributed by atoms with Gasteiger partial charge in [-0.3, -0.25) is 14.4 Å². The maximum Gasteiger partial charge on any atom is 0.284 e. The van der Waals surface area contributed by atoms with E-state index in [0.29, 0.717) is 0 Å². The molecule has 0 bridgehead atoms. The molecule has 7 nitrogen and oxygen atoms in total. The van der Waals surface area contributed by atoms with Crippen molar-refractivity contribution < 1.29 is 21.9 Å². The number of hydrogen-bond donors (Lipinski definition) is 1. The number of aromatic nitrogens is 3. The summed E-state index contributed by atoms with van der Waals surface area (Å²) in [5.74, 6) is 0.267. The zero-order chi connectivity index (χ0) is 17.2. The van der Waals surface area contributed by atoms with Crippen LogP contribution in [0.1, 0.15) is 26.0 Å². The van der Waals surface area contributed by atoms with Gasteiger partial charge in [-0.2, -0.15) is 5.10 Å². The SMILES string of the molecule is CC(C)Oc1cncc(S(=O)(=O)Nc2cn(C)nc2C(F)F)c1. The summed E-state index contributed by atoms with van der Waals surface area (Å²) in [6.45, 7) is 3.56. The standard InChI is InChI=1S/C13H16F2N4O3S/c1-8(2)22-9-4-10(6-16-5-9)23(20,21)18-11-7-19(3)17-12(11)13(14)15/h4-8,13,18H,1-3H3. The Balaban J connectivity index is 2.32. The molecule has 0 amide bonds. The number of pyridine rings is 1. The van der Waals surface area contributed by atoms with E-state index in [4.69, 9.17) is 4.74 Å². The van der Waals surface area contributed by atoms with Crippen molar-refractivity contribution in [3.8, 4) is 5.75 Å². The summed E-state index contributed by atoms with van der Waals surface area (Å²) in [6.07, 6.45) is 0.580. The topological polar surface area (TPSA) is 86.1 Å². The number of aryl methyl sites for hydroxylation is 1. The minimum Gasteiger partial charge on any atom is -0.489 e. The van der Waals surface area contributed by atoms with Gasteiger partial charge in [0, 0.05) is 25.5 Å². The van der Waals surface area contributed by atoms with Crippen LogP contribution in [0.3, 0.4) is 0 Å². The summed E-state index contributed by atoms with van der Waals surface area (Å²) in [7, 11) is -2.67. The number of sulfonamides is 1. The maximum absolute atomic E-state index is 12.9. The number of hydrogen-bond acceptors (Lipinski definition) is 5. The van der Waals surface area contributed by atoms with Gasteiger partial charge in [-0.25, -0.2) is 17.2 Å². The van der Waals surface area contributed by atoms with Gasteiger partial charge in [-0.1, -0.05) is 0 Å². The summed E-state index contributed by atoms with van der Waals surface area (Å²) in [5, 5.41) is 3.54. The molecule has 0 aliphatic heterocycles. The van der Waals surface area contributed by atoms with Crippen molar-refractivity contribution in [3.63, 3.8) is 0 Å². The summed E-state index contributed by atoms with van der Waals surface area (Å²) in [6, 6.07) is 1.27. The van der Waals surface area contributed by atoms with E-state index in [0.717, 1.165) is 10.9 Å². The first kappa shape index (κ1) is 17.1. The van der Waals surface area contributed by atoms with E-state index in [9.17, 15) is 17.2 Å². The number of ether oxygens (including phenoxy) is 1. The highest BCUT2D eigenvalue weighted by molar-refractivity contribution is 7.92. The highest BCUT2D eigenvalue weighted by atomic mass is 32.2. The van der Waals surface area contributed by atoms with Crippen LogP contribution in [0.4, 0.5) is 14.5 Å². The van der Waals surface area contributed by atoms with Crippen molar-refractivity contribution in [1.82, 2.24) is 14.8 Å². The molecule has 2 rings (SSSR count). The number of anilines is 1. The van der Waals surface area contributed by atoms with Gasteiger partial charge < -0.3 is 4.74 Å². The molecule has 0 radical (unpaired) electrons. The summed E-state index contributed by atoms with van der Waals surface area (Å²) in [4.78, 5) is 3.60. The fourth-order valence-electron chi connectivity index (χ4n) is 1.83. The van der Waals surface area contributed by atoms with Crippen LogP contribution in [0.2, 0.25) is 0 Å². The second-order valence-electron chi connectivity index (χ2n) is 5.03. The molecule has 0 atom stereocenters. The molecule has 0 aliphatic carbocycles. The molecule has 2 aromatic heterocycles. The molecule has 10 heteroatoms. The first-order valence-corrected chi connectivity index (χ1v) is 8.13. The van der Waals surface area contributed by atoms with Crippen molar-refractivity contribution in [2.45, 2.75) is 31.3 Å². The molecule has 126 valence electrons. The lowest BCUT2D eigenvalue weighted by molar-refractivity contribution is 0.146. The molecule has 0 unspecified atom stereocenters. The molecular weight excluding hydrogens is 330 g/mol. The summed E-state index contributed by atoms with van der Waals surface area (Å²) >= 11 is 0. The smallest absolute Gasteiger partial charge is 0.284 e. The zero-order valence-corrected chi connectivity index (χ0v) is 13.5. The second kappa shape index (κ2) is 6.49. The van der Waals surface area contributed by atoms with Gasteiger partial charge in [0.2, 0.25) is 0 Å². The zero-order valence-electron chi connectivity index (χ0n) is 12.7. The van der Waals surface area contributed by atoms with Crippen molar-refractivity contribution in [2.24, 2.45) is 7.05 Å². The molecule has 23 heavy (non-hydrogen) atoms. The quantitative estimate of drug-likeness (QED) is 0.868. The molecule has 0 aliphatic rings. The fraction of sp³-hybridized carbons (Fsp3) is 0.385. The van der Waals surface area contributed by atoms with Gasteiger partial charge in [0.05, 0.1) is 18.0 Å². The highest BCUT2D eigenvalue weighted by Gasteiger charge is 2.23. The van der Waals surface area contributed by atoms with Gasteiger partial charge in [-0.15, -0.1) is 0 Å². The van der Waals surface area contributed by atoms with Gasteiger partial charge in [0.25, 0.3) is 16.4 Å². The Kier molecular flexibility index (Phi) is 4.83. The minimum atomic E-state index is -4.09. The average Bonchev–Trinajstić information content (AvgIpc) is 2.78. The average molecular weight is 346 g/mol. The van der Waals surface area contributed by atoms with Crippen LogP contribution < -0.4 is 9.46 Å². The number of halogens is 2. The van der Waals surface area contributed by atoms with Gasteiger partial charge in [0.1, 0.15) is 10.6 Å². The van der Waals surface area contributed by atoms with E-state index >= 15 is 0 Å². The largest absolute Gasteiger partial charge is 0.489 e. The van der Waals surface area contributed by atoms with E-state index < -0.39 is 22.1 Å². The molecule has 0 saturated heterocycles. The normalized spacial score (nSPS) is 12.0. The Bertz CT molecular complexity index is 790. The van der Waals surface area contributed by atoms with Crippen LogP contribution in [0, 0.1) is 0 Å². The molecule has 0 saturated carbocycles. The molecule has 2 heterocycles. The van der Waals surface area contributed by atoms with Crippen LogP contribution in [0.25, 0.3) is 0 Å². The van der Waals surface area contributed by atoms with Gasteiger partial charge in [0.15, 0.2) is 5.69 Å². The third-order valence-corrected chi connectivity index (χ3v) is 4.01. The lowest BCUT2D eigenvalue weighted by Gasteiger charge is -2.11. The van der Waals surface area contributed by atoms with Crippen molar-refractivity contribution in [3.05, 3.63) is 30.4 Å². The highest BCUT2D eigenvalue weighted by Crippen LogP contribution is 2.27. The Morgan fingerprint density at radius 1 is 1.30 bits per heavy atom. The molecule has 0 spiro atoms. The Morgan fingerprint density at radius 3 is 2.61 bits per heavy atom. The van der Waals surface area contributed by atoms with E-state index in [1.165, 1.54) is 25.5 Å². The molecule has 1 N–H and O–H groups in total. The maximum atomic E-state index is 12.9. The summed E-state index contributed by atoms with van der Waals surface area (Å²) < 4.78 is 59.0. The molecule has 0 aromatic carbocycles. The van der Waals surface area contributed by atoms with E-state index in [1.54, 1.807) is 13.8 Å². The number of alkyl halides is 2. The van der Waals surface area contributed by atoms with Crippen molar-refractivity contribution >= 4 is 15.7 Å². The van der Waals surface area contributed by atoms with Crippen LogP contribution in [0.5, 0.6) is 5.75 Å². The van der Waals surface area contributed by atoms with Crippen LogP contribution in [-0.2, 0) is 17.1 Å². The summed E-state index contributed by atoms with van der Waals surface area (Å²) in [5.41, 5.74) is -0.920. The van der Waals surface area contributed by atoms with Gasteiger partial charge in [-0.05, 0) is 13.8 Å². The predicted molar refractivity (Wildman–Crippen MR) is 79.0 cm³/mol. The third-order valence-electron chi connectivity index (χ3n) is 2.68. The van der Waals surface area contributed by atoms with E-state index in [-0.39, 0.29) is 22.4 Å². The monoisotopic (exact) mass is 346 g/mol. The van der Waals surface area contributed by atoms with Crippen LogP contribution >= 0.6 is 0 Å². The third kappa shape index (κ3) is 4.15. The number of nitrogens with zero attached hydrogens (tertiary/aromatic N) is 3. The fourth-order valence-corrected chi connectivity index (χ4v) is 2.87. The Labute approximate surface area is 132 Å². The lowest BCUT2D eigenvalue weighted by atomic mass is 10.4. The lowest BCUT2D eigenvalue weighted by Crippen LogP contribution is -2.15. The van der Waals surface area contributed by atoms with Crippen LogP contribution in [0.15, 0.2) is 29.6 Å². The Morgan fingerprint density at radius 2 is 2.00 bits per heavy atom. The first-order chi connectivity index (χ1) is 10.7. The minimum absolute atomic E-state index is 0.161.